The first kappa shape index (κ1) is 19.4. The molecule has 0 heterocycles. The Morgan fingerprint density at radius 1 is 1.41 bits per heavy atom. The van der Waals surface area contributed by atoms with E-state index in [1.807, 2.05) is 24.3 Å². The molecule has 1 aliphatic carbocycles. The quantitative estimate of drug-likeness (QED) is 0.829. The highest BCUT2D eigenvalue weighted by atomic mass is 79.9. The highest BCUT2D eigenvalue weighted by Crippen LogP contribution is 2.42. The van der Waals surface area contributed by atoms with Crippen molar-refractivity contribution < 1.29 is 9.53 Å². The van der Waals surface area contributed by atoms with Gasteiger partial charge in [0.2, 0.25) is 5.91 Å². The number of nitrogens with one attached hydrogen (secondary N) is 1. The average Bonchev–Trinajstić information content (AvgIpc) is 2.43. The first-order valence-electron chi connectivity index (χ1n) is 7.08. The van der Waals surface area contributed by atoms with Crippen molar-refractivity contribution in [2.24, 2.45) is 11.1 Å². The number of hydrogen-bond acceptors (Lipinski definition) is 3. The first-order valence-corrected chi connectivity index (χ1v) is 7.87. The van der Waals surface area contributed by atoms with Crippen molar-refractivity contribution in [1.29, 1.82) is 0 Å². The van der Waals surface area contributed by atoms with Crippen LogP contribution in [0.15, 0.2) is 28.7 Å². The van der Waals surface area contributed by atoms with Crippen molar-refractivity contribution in [3.63, 3.8) is 0 Å². The van der Waals surface area contributed by atoms with Crippen LogP contribution in [-0.2, 0) is 15.1 Å². The number of hydrogen-bond donors (Lipinski definition) is 2. The number of carbonyl (C=O) groups excluding carboxylic acids is 1. The zero-order chi connectivity index (χ0) is 15.8. The zero-order valence-electron chi connectivity index (χ0n) is 13.4. The lowest BCUT2D eigenvalue weighted by atomic mass is 9.64. The van der Waals surface area contributed by atoms with E-state index in [4.69, 9.17) is 10.5 Å². The number of benzene rings is 1. The van der Waals surface area contributed by atoms with Gasteiger partial charge in [-0.3, -0.25) is 4.79 Å². The summed E-state index contributed by atoms with van der Waals surface area (Å²) >= 11 is 3.38. The molecule has 1 aromatic carbocycles. The summed E-state index contributed by atoms with van der Waals surface area (Å²) in [6.45, 7) is 5.94. The largest absolute Gasteiger partial charge is 0.381 e. The number of halogens is 2. The second-order valence-electron chi connectivity index (χ2n) is 6.52. The summed E-state index contributed by atoms with van der Waals surface area (Å²) in [6, 6.07) is 7.61. The van der Waals surface area contributed by atoms with Gasteiger partial charge in [0.05, 0.1) is 6.10 Å². The van der Waals surface area contributed by atoms with Crippen LogP contribution in [0.5, 0.6) is 0 Å². The third kappa shape index (κ3) is 3.48. The summed E-state index contributed by atoms with van der Waals surface area (Å²) < 4.78 is 6.37. The number of rotatable bonds is 4. The topological polar surface area (TPSA) is 64.3 Å². The lowest BCUT2D eigenvalue weighted by molar-refractivity contribution is -0.137. The van der Waals surface area contributed by atoms with Crippen LogP contribution in [0.4, 0.5) is 0 Å². The molecule has 0 aliphatic heterocycles. The van der Waals surface area contributed by atoms with Gasteiger partial charge in [0.15, 0.2) is 0 Å². The fraction of sp³-hybridized carbons (Fsp3) is 0.562. The van der Waals surface area contributed by atoms with Crippen LogP contribution in [0.25, 0.3) is 0 Å². The van der Waals surface area contributed by atoms with E-state index in [9.17, 15) is 4.79 Å². The highest BCUT2D eigenvalue weighted by molar-refractivity contribution is 9.10. The molecule has 1 fully saturated rings. The van der Waals surface area contributed by atoms with E-state index in [-0.39, 0.29) is 35.9 Å². The molecule has 2 rings (SSSR count). The number of ether oxygens (including phenoxy) is 1. The SMILES string of the molecule is COC1CC(NC(=O)C(C)(N)c2ccc(Br)cc2)C1(C)C.Cl. The Morgan fingerprint density at radius 3 is 2.41 bits per heavy atom. The first-order chi connectivity index (χ1) is 9.69. The van der Waals surface area contributed by atoms with E-state index in [0.29, 0.717) is 0 Å². The number of carbonyl (C=O) groups is 1. The van der Waals surface area contributed by atoms with Gasteiger partial charge >= 0.3 is 0 Å². The van der Waals surface area contributed by atoms with Crippen molar-refractivity contribution in [3.05, 3.63) is 34.3 Å². The third-order valence-corrected chi connectivity index (χ3v) is 5.21. The average molecular weight is 392 g/mol. The molecule has 22 heavy (non-hydrogen) atoms. The van der Waals surface area contributed by atoms with Gasteiger partial charge in [-0.2, -0.15) is 0 Å². The van der Waals surface area contributed by atoms with Crippen LogP contribution >= 0.6 is 28.3 Å². The summed E-state index contributed by atoms with van der Waals surface area (Å²) in [5.41, 5.74) is 5.93. The Labute approximate surface area is 146 Å². The summed E-state index contributed by atoms with van der Waals surface area (Å²) in [5, 5.41) is 3.07. The van der Waals surface area contributed by atoms with Crippen LogP contribution in [0.3, 0.4) is 0 Å². The molecule has 4 nitrogen and oxygen atoms in total. The maximum absolute atomic E-state index is 12.5. The predicted octanol–water partition coefficient (Wildman–Crippen LogP) is 2.97. The summed E-state index contributed by atoms with van der Waals surface area (Å²) in [7, 11) is 1.71. The summed E-state index contributed by atoms with van der Waals surface area (Å²) in [4.78, 5) is 12.5. The monoisotopic (exact) mass is 390 g/mol. The summed E-state index contributed by atoms with van der Waals surface area (Å²) in [6.07, 6.45) is 1.01. The second-order valence-corrected chi connectivity index (χ2v) is 7.43. The lowest BCUT2D eigenvalue weighted by Crippen LogP contribution is -2.64. The van der Waals surface area contributed by atoms with E-state index in [2.05, 4.69) is 35.1 Å². The minimum absolute atomic E-state index is 0. The maximum Gasteiger partial charge on any atom is 0.244 e. The molecule has 3 N–H and O–H groups in total. The van der Waals surface area contributed by atoms with E-state index >= 15 is 0 Å². The number of amides is 1. The Balaban J connectivity index is 0.00000242. The van der Waals surface area contributed by atoms with E-state index in [0.717, 1.165) is 16.5 Å². The summed E-state index contributed by atoms with van der Waals surface area (Å²) in [5.74, 6) is -0.155. The third-order valence-electron chi connectivity index (χ3n) is 4.68. The van der Waals surface area contributed by atoms with Gasteiger partial charge in [-0.25, -0.2) is 0 Å². The van der Waals surface area contributed by atoms with Gasteiger partial charge in [-0.05, 0) is 31.0 Å². The molecule has 0 spiro atoms. The minimum atomic E-state index is -1.05. The fourth-order valence-electron chi connectivity index (χ4n) is 2.77. The van der Waals surface area contributed by atoms with Crippen molar-refractivity contribution in [1.82, 2.24) is 5.32 Å². The van der Waals surface area contributed by atoms with Gasteiger partial charge in [0.25, 0.3) is 0 Å². The zero-order valence-corrected chi connectivity index (χ0v) is 15.8. The van der Waals surface area contributed by atoms with Gasteiger partial charge in [-0.1, -0.05) is 41.9 Å². The molecule has 0 radical (unpaired) electrons. The van der Waals surface area contributed by atoms with Gasteiger partial charge < -0.3 is 15.8 Å². The molecule has 0 bridgehead atoms. The predicted molar refractivity (Wildman–Crippen MR) is 94.1 cm³/mol. The molecule has 3 unspecified atom stereocenters. The van der Waals surface area contributed by atoms with Crippen LogP contribution in [0, 0.1) is 5.41 Å². The van der Waals surface area contributed by atoms with E-state index in [1.165, 1.54) is 0 Å². The highest BCUT2D eigenvalue weighted by Gasteiger charge is 2.50. The number of methoxy groups -OCH3 is 1. The van der Waals surface area contributed by atoms with Crippen LogP contribution < -0.4 is 11.1 Å². The second kappa shape index (κ2) is 6.87. The molecule has 3 atom stereocenters. The van der Waals surface area contributed by atoms with Crippen LogP contribution in [-0.4, -0.2) is 25.2 Å². The molecule has 1 amide bonds. The Hall–Kier alpha value is -0.620. The van der Waals surface area contributed by atoms with Crippen LogP contribution in [0.1, 0.15) is 32.8 Å². The maximum atomic E-state index is 12.5. The van der Waals surface area contributed by atoms with Crippen molar-refractivity contribution >= 4 is 34.2 Å². The smallest absolute Gasteiger partial charge is 0.244 e. The molecular formula is C16H24BrClN2O2. The molecule has 0 saturated heterocycles. The molecule has 124 valence electrons. The molecular weight excluding hydrogens is 368 g/mol. The molecule has 6 heteroatoms. The van der Waals surface area contributed by atoms with Gasteiger partial charge in [0.1, 0.15) is 5.54 Å². The molecule has 1 saturated carbocycles. The van der Waals surface area contributed by atoms with Crippen molar-refractivity contribution in [2.45, 2.75) is 44.9 Å². The minimum Gasteiger partial charge on any atom is -0.381 e. The Kier molecular flexibility index (Phi) is 6.07. The number of nitrogens with two attached hydrogens (primary N) is 1. The fourth-order valence-corrected chi connectivity index (χ4v) is 3.03. The van der Waals surface area contributed by atoms with Crippen molar-refractivity contribution in [3.8, 4) is 0 Å². The lowest BCUT2D eigenvalue weighted by Gasteiger charge is -2.51. The normalized spacial score (nSPS) is 25.4. The molecule has 0 aromatic heterocycles. The van der Waals surface area contributed by atoms with Crippen molar-refractivity contribution in [2.75, 3.05) is 7.11 Å². The molecule has 1 aromatic rings. The standard InChI is InChI=1S/C16H23BrN2O2.ClH/c1-15(2)12(9-13(15)21-4)19-14(20)16(3,18)10-5-7-11(17)8-6-10;/h5-8,12-13H,9,18H2,1-4H3,(H,19,20);1H. The van der Waals surface area contributed by atoms with E-state index < -0.39 is 5.54 Å². The molecule has 1 aliphatic rings. The van der Waals surface area contributed by atoms with E-state index in [1.54, 1.807) is 14.0 Å². The van der Waals surface area contributed by atoms with Gasteiger partial charge in [-0.15, -0.1) is 12.4 Å². The Morgan fingerprint density at radius 2 is 1.95 bits per heavy atom. The Bertz CT molecular complexity index is 531. The van der Waals surface area contributed by atoms with Crippen LogP contribution in [0.2, 0.25) is 0 Å². The van der Waals surface area contributed by atoms with Gasteiger partial charge in [0, 0.05) is 23.0 Å².